The van der Waals surface area contributed by atoms with Crippen LogP contribution in [0.2, 0.25) is 0 Å². The third kappa shape index (κ3) is 4.96. The molecule has 0 aliphatic heterocycles. The zero-order valence-electron chi connectivity index (χ0n) is 15.3. The van der Waals surface area contributed by atoms with Gasteiger partial charge in [-0.2, -0.15) is 0 Å². The van der Waals surface area contributed by atoms with E-state index in [1.807, 2.05) is 6.07 Å². The maximum atomic E-state index is 5.85. The quantitative estimate of drug-likeness (QED) is 0.498. The first-order valence-corrected chi connectivity index (χ1v) is 8.90. The molecule has 0 aliphatic carbocycles. The highest BCUT2D eigenvalue weighted by atomic mass is 16.5. The molecule has 0 atom stereocenters. The van der Waals surface area contributed by atoms with Crippen LogP contribution in [0, 0.1) is 5.41 Å². The molecule has 1 nitrogen and oxygen atoms in total. The van der Waals surface area contributed by atoms with Gasteiger partial charge in [-0.05, 0) is 46.2 Å². The Labute approximate surface area is 151 Å². The summed E-state index contributed by atoms with van der Waals surface area (Å²) >= 11 is 0. The first-order chi connectivity index (χ1) is 12.0. The maximum Gasteiger partial charge on any atom is 0.119 e. The lowest BCUT2D eigenvalue weighted by Crippen LogP contribution is -2.10. The summed E-state index contributed by atoms with van der Waals surface area (Å²) in [5.41, 5.74) is 5.23. The minimum atomic E-state index is 0.306. The number of ether oxygens (including phenoxy) is 1. The monoisotopic (exact) mass is 330 g/mol. The molecule has 0 N–H and O–H groups in total. The van der Waals surface area contributed by atoms with Crippen LogP contribution in [-0.4, -0.2) is 6.61 Å². The van der Waals surface area contributed by atoms with Crippen LogP contribution >= 0.6 is 0 Å². The number of hydrogen-bond acceptors (Lipinski definition) is 1. The Morgan fingerprint density at radius 1 is 0.600 bits per heavy atom. The molecule has 0 amide bonds. The fraction of sp³-hybridized carbons (Fsp3) is 0.250. The normalized spacial score (nSPS) is 11.3. The summed E-state index contributed by atoms with van der Waals surface area (Å²) in [5, 5.41) is 0. The molecule has 0 saturated heterocycles. The molecule has 3 rings (SSSR count). The van der Waals surface area contributed by atoms with E-state index in [-0.39, 0.29) is 0 Å². The molecule has 0 fully saturated rings. The van der Waals surface area contributed by atoms with E-state index in [2.05, 4.69) is 93.6 Å². The third-order valence-corrected chi connectivity index (χ3v) is 4.30. The summed E-state index contributed by atoms with van der Waals surface area (Å²) in [6, 6.07) is 27.6. The molecule has 0 spiro atoms. The lowest BCUT2D eigenvalue weighted by molar-refractivity contribution is 0.243. The Bertz CT molecular complexity index is 778. The number of benzene rings is 3. The molecular formula is C24H26O. The predicted molar refractivity (Wildman–Crippen MR) is 107 cm³/mol. The largest absolute Gasteiger partial charge is 0.494 e. The topological polar surface area (TPSA) is 9.23 Å². The highest BCUT2D eigenvalue weighted by Gasteiger charge is 2.09. The zero-order valence-corrected chi connectivity index (χ0v) is 15.3. The van der Waals surface area contributed by atoms with Crippen molar-refractivity contribution in [3.05, 3.63) is 78.9 Å². The van der Waals surface area contributed by atoms with Crippen LogP contribution in [0.5, 0.6) is 5.75 Å². The van der Waals surface area contributed by atoms with Crippen molar-refractivity contribution in [2.24, 2.45) is 5.41 Å². The van der Waals surface area contributed by atoms with Crippen molar-refractivity contribution < 1.29 is 4.74 Å². The van der Waals surface area contributed by atoms with Crippen LogP contribution in [0.1, 0.15) is 27.2 Å². The second-order valence-electron chi connectivity index (χ2n) is 7.63. The van der Waals surface area contributed by atoms with Gasteiger partial charge in [0, 0.05) is 0 Å². The highest BCUT2D eigenvalue weighted by molar-refractivity contribution is 5.70. The lowest BCUT2D eigenvalue weighted by Gasteiger charge is -2.18. The van der Waals surface area contributed by atoms with Crippen LogP contribution in [0.25, 0.3) is 22.3 Å². The van der Waals surface area contributed by atoms with Crippen molar-refractivity contribution in [3.63, 3.8) is 0 Å². The van der Waals surface area contributed by atoms with Crippen molar-refractivity contribution in [3.8, 4) is 28.0 Å². The molecular weight excluding hydrogens is 304 g/mol. The van der Waals surface area contributed by atoms with Crippen molar-refractivity contribution in [2.75, 3.05) is 6.61 Å². The molecule has 0 heterocycles. The molecule has 25 heavy (non-hydrogen) atoms. The first kappa shape index (κ1) is 17.3. The van der Waals surface area contributed by atoms with Gasteiger partial charge in [-0.3, -0.25) is 0 Å². The van der Waals surface area contributed by atoms with Gasteiger partial charge in [-0.15, -0.1) is 0 Å². The Hall–Kier alpha value is -2.54. The zero-order chi connectivity index (χ0) is 17.7. The molecule has 0 unspecified atom stereocenters. The minimum Gasteiger partial charge on any atom is -0.494 e. The Morgan fingerprint density at radius 2 is 1.04 bits per heavy atom. The number of hydrogen-bond donors (Lipinski definition) is 0. The second kappa shape index (κ2) is 7.57. The van der Waals surface area contributed by atoms with E-state index in [1.54, 1.807) is 0 Å². The summed E-state index contributed by atoms with van der Waals surface area (Å²) < 4.78 is 5.85. The minimum absolute atomic E-state index is 0.306. The first-order valence-electron chi connectivity index (χ1n) is 8.90. The van der Waals surface area contributed by atoms with Gasteiger partial charge in [0.15, 0.2) is 0 Å². The van der Waals surface area contributed by atoms with E-state index >= 15 is 0 Å². The fourth-order valence-corrected chi connectivity index (χ4v) is 2.70. The van der Waals surface area contributed by atoms with E-state index in [4.69, 9.17) is 4.74 Å². The van der Waals surface area contributed by atoms with Crippen molar-refractivity contribution in [1.29, 1.82) is 0 Å². The smallest absolute Gasteiger partial charge is 0.119 e. The molecule has 0 bridgehead atoms. The lowest BCUT2D eigenvalue weighted by atomic mass is 9.93. The van der Waals surface area contributed by atoms with Crippen LogP contribution in [0.15, 0.2) is 78.9 Å². The highest BCUT2D eigenvalue weighted by Crippen LogP contribution is 2.26. The molecule has 0 aliphatic rings. The van der Waals surface area contributed by atoms with Gasteiger partial charge < -0.3 is 4.74 Å². The summed E-state index contributed by atoms with van der Waals surface area (Å²) in [6.07, 6.45) is 1.05. The van der Waals surface area contributed by atoms with Crippen molar-refractivity contribution in [2.45, 2.75) is 27.2 Å². The summed E-state index contributed by atoms with van der Waals surface area (Å²) in [5.74, 6) is 0.939. The molecule has 3 aromatic carbocycles. The van der Waals surface area contributed by atoms with E-state index in [9.17, 15) is 0 Å². The molecule has 3 aromatic rings. The van der Waals surface area contributed by atoms with E-state index in [0.717, 1.165) is 18.8 Å². The van der Waals surface area contributed by atoms with Crippen LogP contribution in [0.4, 0.5) is 0 Å². The fourth-order valence-electron chi connectivity index (χ4n) is 2.70. The van der Waals surface area contributed by atoms with Gasteiger partial charge >= 0.3 is 0 Å². The molecule has 0 aromatic heterocycles. The van der Waals surface area contributed by atoms with E-state index in [1.165, 1.54) is 22.3 Å². The number of rotatable bonds is 5. The van der Waals surface area contributed by atoms with Crippen LogP contribution in [-0.2, 0) is 0 Å². The molecule has 1 heteroatoms. The summed E-state index contributed by atoms with van der Waals surface area (Å²) in [6.45, 7) is 7.46. The predicted octanol–water partition coefficient (Wildman–Crippen LogP) is 6.84. The van der Waals surface area contributed by atoms with Gasteiger partial charge in [0.05, 0.1) is 6.61 Å². The molecule has 0 radical (unpaired) electrons. The third-order valence-electron chi connectivity index (χ3n) is 4.30. The van der Waals surface area contributed by atoms with Crippen molar-refractivity contribution >= 4 is 0 Å². The second-order valence-corrected chi connectivity index (χ2v) is 7.63. The summed E-state index contributed by atoms with van der Waals surface area (Å²) in [7, 11) is 0. The average molecular weight is 330 g/mol. The summed E-state index contributed by atoms with van der Waals surface area (Å²) in [4.78, 5) is 0. The molecule has 0 saturated carbocycles. The Balaban J connectivity index is 1.66. The standard InChI is InChI=1S/C24H26O/c1-24(2,3)17-18-25-23-15-13-22(14-16-23)21-11-9-20(10-12-21)19-7-5-4-6-8-19/h4-16H,17-18H2,1-3H3. The van der Waals surface area contributed by atoms with Gasteiger partial charge in [0.2, 0.25) is 0 Å². The molecule has 128 valence electrons. The van der Waals surface area contributed by atoms with E-state index < -0.39 is 0 Å². The van der Waals surface area contributed by atoms with Gasteiger partial charge in [0.1, 0.15) is 5.75 Å². The van der Waals surface area contributed by atoms with Gasteiger partial charge in [-0.1, -0.05) is 87.5 Å². The van der Waals surface area contributed by atoms with Crippen molar-refractivity contribution in [1.82, 2.24) is 0 Å². The van der Waals surface area contributed by atoms with Gasteiger partial charge in [0.25, 0.3) is 0 Å². The van der Waals surface area contributed by atoms with Gasteiger partial charge in [-0.25, -0.2) is 0 Å². The van der Waals surface area contributed by atoms with E-state index in [0.29, 0.717) is 5.41 Å². The Morgan fingerprint density at radius 3 is 1.52 bits per heavy atom. The average Bonchev–Trinajstić information content (AvgIpc) is 2.62. The Kier molecular flexibility index (Phi) is 5.23. The van der Waals surface area contributed by atoms with Crippen LogP contribution in [0.3, 0.4) is 0 Å². The SMILES string of the molecule is CC(C)(C)CCOc1ccc(-c2ccc(-c3ccccc3)cc2)cc1. The maximum absolute atomic E-state index is 5.85. The van der Waals surface area contributed by atoms with Crippen LogP contribution < -0.4 is 4.74 Å².